The first-order valence-corrected chi connectivity index (χ1v) is 5.94. The van der Waals surface area contributed by atoms with Crippen LogP contribution in [0.1, 0.15) is 16.5 Å². The summed E-state index contributed by atoms with van der Waals surface area (Å²) in [5.74, 6) is -0.292. The molecule has 0 bridgehead atoms. The van der Waals surface area contributed by atoms with Gasteiger partial charge in [0.05, 0.1) is 11.6 Å². The summed E-state index contributed by atoms with van der Waals surface area (Å²) >= 11 is 4.72. The third-order valence-corrected chi connectivity index (χ3v) is 3.40. The van der Waals surface area contributed by atoms with Gasteiger partial charge >= 0.3 is 0 Å². The van der Waals surface area contributed by atoms with Gasteiger partial charge in [-0.25, -0.2) is 4.39 Å². The molecular weight excluding hydrogens is 279 g/mol. The molecule has 0 aliphatic rings. The lowest BCUT2D eigenvalue weighted by atomic mass is 10.1. The van der Waals surface area contributed by atoms with Gasteiger partial charge in [-0.3, -0.25) is 4.98 Å². The summed E-state index contributed by atoms with van der Waals surface area (Å²) in [4.78, 5) is 4.78. The van der Waals surface area contributed by atoms with Gasteiger partial charge in [-0.1, -0.05) is 15.9 Å². The van der Waals surface area contributed by atoms with E-state index >= 15 is 0 Å². The van der Waals surface area contributed by atoms with Gasteiger partial charge in [0.25, 0.3) is 0 Å². The number of benzene rings is 1. The molecule has 15 heavy (non-hydrogen) atoms. The molecule has 2 nitrogen and oxygen atoms in total. The normalized spacial score (nSPS) is 12.7. The monoisotopic (exact) mass is 286 g/mol. The van der Waals surface area contributed by atoms with E-state index in [1.807, 2.05) is 0 Å². The minimum Gasteiger partial charge on any atom is -0.319 e. The number of nitrogens with two attached hydrogens (primary N) is 1. The molecule has 0 radical (unpaired) electrons. The van der Waals surface area contributed by atoms with Crippen LogP contribution in [-0.2, 0) is 0 Å². The van der Waals surface area contributed by atoms with Crippen molar-refractivity contribution >= 4 is 27.3 Å². The standard InChI is InChI=1S/C10H8BrFN2S/c11-6-1-2-8(12)7(3-6)10(13)9-4-14-5-15-9/h1-5,10H,13H2. The Hall–Kier alpha value is -0.780. The van der Waals surface area contributed by atoms with Crippen molar-refractivity contribution in [2.24, 2.45) is 5.73 Å². The zero-order chi connectivity index (χ0) is 10.8. The Morgan fingerprint density at radius 3 is 2.93 bits per heavy atom. The maximum Gasteiger partial charge on any atom is 0.128 e. The van der Waals surface area contributed by atoms with Gasteiger partial charge < -0.3 is 5.73 Å². The summed E-state index contributed by atoms with van der Waals surface area (Å²) in [5, 5.41) is 0. The first kappa shape index (κ1) is 10.7. The molecule has 2 aromatic rings. The molecule has 5 heteroatoms. The molecule has 1 aromatic carbocycles. The van der Waals surface area contributed by atoms with Gasteiger partial charge in [-0.15, -0.1) is 11.3 Å². The lowest BCUT2D eigenvalue weighted by Gasteiger charge is -2.10. The number of hydrogen-bond acceptors (Lipinski definition) is 3. The van der Waals surface area contributed by atoms with E-state index in [0.29, 0.717) is 5.56 Å². The summed E-state index contributed by atoms with van der Waals surface area (Å²) < 4.78 is 14.3. The second-order valence-electron chi connectivity index (χ2n) is 3.05. The number of aromatic nitrogens is 1. The van der Waals surface area contributed by atoms with Crippen LogP contribution in [0.3, 0.4) is 0 Å². The van der Waals surface area contributed by atoms with Crippen molar-refractivity contribution < 1.29 is 4.39 Å². The van der Waals surface area contributed by atoms with Gasteiger partial charge in [0.15, 0.2) is 0 Å². The first-order chi connectivity index (χ1) is 7.18. The topological polar surface area (TPSA) is 38.9 Å². The predicted octanol–water partition coefficient (Wildman–Crippen LogP) is 3.09. The third-order valence-electron chi connectivity index (χ3n) is 2.05. The van der Waals surface area contributed by atoms with E-state index in [9.17, 15) is 4.39 Å². The molecule has 78 valence electrons. The lowest BCUT2D eigenvalue weighted by molar-refractivity contribution is 0.600. The summed E-state index contributed by atoms with van der Waals surface area (Å²) in [5.41, 5.74) is 8.11. The average molecular weight is 287 g/mol. The van der Waals surface area contributed by atoms with Crippen molar-refractivity contribution in [3.63, 3.8) is 0 Å². The SMILES string of the molecule is NC(c1cncs1)c1cc(Br)ccc1F. The highest BCUT2D eigenvalue weighted by molar-refractivity contribution is 9.10. The van der Waals surface area contributed by atoms with E-state index in [2.05, 4.69) is 20.9 Å². The van der Waals surface area contributed by atoms with Crippen LogP contribution in [0.5, 0.6) is 0 Å². The minimum absolute atomic E-state index is 0.292. The van der Waals surface area contributed by atoms with E-state index in [-0.39, 0.29) is 5.82 Å². The molecule has 0 amide bonds. The van der Waals surface area contributed by atoms with Crippen LogP contribution in [0, 0.1) is 5.82 Å². The zero-order valence-electron chi connectivity index (χ0n) is 7.65. The third kappa shape index (κ3) is 2.25. The van der Waals surface area contributed by atoms with Crippen molar-refractivity contribution in [3.8, 4) is 0 Å². The van der Waals surface area contributed by atoms with Crippen LogP contribution < -0.4 is 5.73 Å². The van der Waals surface area contributed by atoms with E-state index < -0.39 is 6.04 Å². The molecule has 1 aromatic heterocycles. The number of hydrogen-bond donors (Lipinski definition) is 1. The number of nitrogens with zero attached hydrogens (tertiary/aromatic N) is 1. The Kier molecular flexibility index (Phi) is 3.14. The number of thiazole rings is 1. The fourth-order valence-corrected chi connectivity index (χ4v) is 2.30. The molecule has 1 heterocycles. The Labute approximate surface area is 99.1 Å². The molecule has 0 aliphatic carbocycles. The van der Waals surface area contributed by atoms with E-state index in [4.69, 9.17) is 5.73 Å². The van der Waals surface area contributed by atoms with Gasteiger partial charge in [0, 0.05) is 21.1 Å². The molecule has 2 rings (SSSR count). The van der Waals surface area contributed by atoms with Crippen molar-refractivity contribution in [3.05, 3.63) is 50.6 Å². The smallest absolute Gasteiger partial charge is 0.128 e. The van der Waals surface area contributed by atoms with Gasteiger partial charge in [0.2, 0.25) is 0 Å². The number of rotatable bonds is 2. The number of halogens is 2. The Morgan fingerprint density at radius 2 is 2.27 bits per heavy atom. The molecule has 0 saturated carbocycles. The van der Waals surface area contributed by atoms with E-state index in [1.54, 1.807) is 23.8 Å². The fourth-order valence-electron chi connectivity index (χ4n) is 1.29. The highest BCUT2D eigenvalue weighted by Crippen LogP contribution is 2.26. The minimum atomic E-state index is -0.449. The second kappa shape index (κ2) is 4.38. The van der Waals surface area contributed by atoms with Crippen molar-refractivity contribution in [1.29, 1.82) is 0 Å². The molecule has 1 atom stereocenters. The van der Waals surface area contributed by atoms with Crippen LogP contribution in [0.25, 0.3) is 0 Å². The highest BCUT2D eigenvalue weighted by atomic mass is 79.9. The summed E-state index contributed by atoms with van der Waals surface area (Å²) in [6, 6.07) is 4.30. The van der Waals surface area contributed by atoms with Crippen molar-refractivity contribution in [2.45, 2.75) is 6.04 Å². The van der Waals surface area contributed by atoms with Crippen molar-refractivity contribution in [2.75, 3.05) is 0 Å². The molecule has 0 spiro atoms. The molecule has 0 aliphatic heterocycles. The summed E-state index contributed by atoms with van der Waals surface area (Å²) in [6.45, 7) is 0. The maximum atomic E-state index is 13.5. The molecular formula is C10H8BrFN2S. The molecule has 0 fully saturated rings. The Balaban J connectivity index is 2.41. The van der Waals surface area contributed by atoms with Gasteiger partial charge in [-0.05, 0) is 18.2 Å². The lowest BCUT2D eigenvalue weighted by Crippen LogP contribution is -2.12. The molecule has 1 unspecified atom stereocenters. The maximum absolute atomic E-state index is 13.5. The van der Waals surface area contributed by atoms with Gasteiger partial charge in [-0.2, -0.15) is 0 Å². The van der Waals surface area contributed by atoms with E-state index in [1.165, 1.54) is 17.4 Å². The van der Waals surface area contributed by atoms with Crippen LogP contribution in [0.4, 0.5) is 4.39 Å². The first-order valence-electron chi connectivity index (χ1n) is 4.27. The summed E-state index contributed by atoms with van der Waals surface area (Å²) in [7, 11) is 0. The quantitative estimate of drug-likeness (QED) is 0.921. The largest absolute Gasteiger partial charge is 0.319 e. The van der Waals surface area contributed by atoms with Crippen LogP contribution in [-0.4, -0.2) is 4.98 Å². The van der Waals surface area contributed by atoms with E-state index in [0.717, 1.165) is 9.35 Å². The van der Waals surface area contributed by atoms with Crippen molar-refractivity contribution in [1.82, 2.24) is 4.98 Å². The second-order valence-corrected chi connectivity index (χ2v) is 4.88. The summed E-state index contributed by atoms with van der Waals surface area (Å²) in [6.07, 6.45) is 1.66. The average Bonchev–Trinajstić information content (AvgIpc) is 2.74. The molecule has 0 saturated heterocycles. The van der Waals surface area contributed by atoms with Gasteiger partial charge in [0.1, 0.15) is 5.82 Å². The highest BCUT2D eigenvalue weighted by Gasteiger charge is 2.15. The fraction of sp³-hybridized carbons (Fsp3) is 0.100. The Bertz CT molecular complexity index is 458. The Morgan fingerprint density at radius 1 is 1.47 bits per heavy atom. The van der Waals surface area contributed by atoms with Crippen LogP contribution in [0.2, 0.25) is 0 Å². The van der Waals surface area contributed by atoms with Crippen LogP contribution in [0.15, 0.2) is 34.4 Å². The predicted molar refractivity (Wildman–Crippen MR) is 62.2 cm³/mol. The van der Waals surface area contributed by atoms with Crippen LogP contribution >= 0.6 is 27.3 Å². The molecule has 2 N–H and O–H groups in total. The zero-order valence-corrected chi connectivity index (χ0v) is 10.1.